The summed E-state index contributed by atoms with van der Waals surface area (Å²) in [4.78, 5) is 12.6. The fourth-order valence-corrected chi connectivity index (χ4v) is 2.61. The van der Waals surface area contributed by atoms with E-state index in [4.69, 9.17) is 9.84 Å². The van der Waals surface area contributed by atoms with Crippen LogP contribution in [-0.4, -0.2) is 18.2 Å². The van der Waals surface area contributed by atoms with E-state index in [-0.39, 0.29) is 12.6 Å². The number of benzene rings is 2. The lowest BCUT2D eigenvalue weighted by Crippen LogP contribution is -2.01. The summed E-state index contributed by atoms with van der Waals surface area (Å²) >= 11 is 1.69. The fourth-order valence-electron chi connectivity index (χ4n) is 1.76. The molecule has 0 saturated heterocycles. The molecule has 0 aliphatic rings. The number of esters is 1. The van der Waals surface area contributed by atoms with Gasteiger partial charge >= 0.3 is 5.97 Å². The van der Waals surface area contributed by atoms with E-state index in [1.807, 2.05) is 42.5 Å². The molecule has 0 radical (unpaired) electrons. The molecule has 0 unspecified atom stereocenters. The van der Waals surface area contributed by atoms with Crippen LogP contribution in [0.1, 0.15) is 21.5 Å². The number of methoxy groups -OCH3 is 1. The molecule has 2 aromatic rings. The molecule has 104 valence electrons. The van der Waals surface area contributed by atoms with Crippen LogP contribution in [-0.2, 0) is 17.1 Å². The van der Waals surface area contributed by atoms with E-state index in [1.165, 1.54) is 7.11 Å². The molecule has 0 heterocycles. The molecule has 0 saturated carbocycles. The maximum Gasteiger partial charge on any atom is 0.337 e. The Balaban J connectivity index is 2.01. The quantitative estimate of drug-likeness (QED) is 0.677. The summed E-state index contributed by atoms with van der Waals surface area (Å²) in [7, 11) is 1.38. The van der Waals surface area contributed by atoms with Gasteiger partial charge in [-0.05, 0) is 35.4 Å². The largest absolute Gasteiger partial charge is 0.465 e. The zero-order valence-corrected chi connectivity index (χ0v) is 12.0. The number of rotatable bonds is 5. The lowest BCUT2D eigenvalue weighted by Gasteiger charge is -2.05. The second-order valence-corrected chi connectivity index (χ2v) is 5.33. The van der Waals surface area contributed by atoms with Gasteiger partial charge in [-0.25, -0.2) is 4.79 Å². The number of carbonyl (C=O) groups excluding carboxylic acids is 1. The molecule has 0 atom stereocenters. The van der Waals surface area contributed by atoms with Crippen molar-refractivity contribution in [1.82, 2.24) is 0 Å². The number of hydrogen-bond donors (Lipinski definition) is 1. The Hall–Kier alpha value is -1.78. The lowest BCUT2D eigenvalue weighted by molar-refractivity contribution is 0.0600. The van der Waals surface area contributed by atoms with Crippen molar-refractivity contribution < 1.29 is 14.6 Å². The van der Waals surface area contributed by atoms with E-state index in [0.29, 0.717) is 5.56 Å². The Labute approximate surface area is 122 Å². The molecular weight excluding hydrogens is 272 g/mol. The highest BCUT2D eigenvalue weighted by molar-refractivity contribution is 7.98. The predicted octanol–water partition coefficient (Wildman–Crippen LogP) is 3.26. The van der Waals surface area contributed by atoms with E-state index >= 15 is 0 Å². The molecule has 0 spiro atoms. The third-order valence-electron chi connectivity index (χ3n) is 2.86. The van der Waals surface area contributed by atoms with Gasteiger partial charge < -0.3 is 9.84 Å². The van der Waals surface area contributed by atoms with Crippen LogP contribution in [0.15, 0.2) is 53.4 Å². The van der Waals surface area contributed by atoms with Crippen LogP contribution in [0.25, 0.3) is 0 Å². The minimum absolute atomic E-state index is 0.0616. The first-order chi connectivity index (χ1) is 9.72. The minimum atomic E-state index is -0.316. The summed E-state index contributed by atoms with van der Waals surface area (Å²) in [5.74, 6) is 0.465. The Bertz CT molecular complexity index is 579. The molecule has 0 amide bonds. The van der Waals surface area contributed by atoms with E-state index in [2.05, 4.69) is 0 Å². The Morgan fingerprint density at radius 2 is 1.90 bits per heavy atom. The summed E-state index contributed by atoms with van der Waals surface area (Å²) in [6, 6.07) is 15.2. The molecule has 0 aromatic heterocycles. The number of thioether (sulfide) groups is 1. The first-order valence-corrected chi connectivity index (χ1v) is 7.21. The van der Waals surface area contributed by atoms with Gasteiger partial charge in [-0.3, -0.25) is 0 Å². The van der Waals surface area contributed by atoms with Crippen LogP contribution >= 0.6 is 11.8 Å². The van der Waals surface area contributed by atoms with E-state index in [0.717, 1.165) is 21.8 Å². The van der Waals surface area contributed by atoms with Gasteiger partial charge in [0.25, 0.3) is 0 Å². The van der Waals surface area contributed by atoms with Crippen LogP contribution < -0.4 is 0 Å². The van der Waals surface area contributed by atoms with Crippen LogP contribution in [0.2, 0.25) is 0 Å². The molecule has 0 fully saturated rings. The smallest absolute Gasteiger partial charge is 0.337 e. The van der Waals surface area contributed by atoms with E-state index in [9.17, 15) is 4.79 Å². The van der Waals surface area contributed by atoms with Gasteiger partial charge in [0.15, 0.2) is 0 Å². The van der Waals surface area contributed by atoms with Crippen molar-refractivity contribution in [3.63, 3.8) is 0 Å². The Morgan fingerprint density at radius 3 is 2.55 bits per heavy atom. The Morgan fingerprint density at radius 1 is 1.15 bits per heavy atom. The third kappa shape index (κ3) is 3.85. The van der Waals surface area contributed by atoms with Gasteiger partial charge in [0.1, 0.15) is 0 Å². The van der Waals surface area contributed by atoms with Gasteiger partial charge in [0, 0.05) is 10.6 Å². The summed E-state index contributed by atoms with van der Waals surface area (Å²) in [5, 5.41) is 8.99. The second kappa shape index (κ2) is 7.12. The van der Waals surface area contributed by atoms with E-state index in [1.54, 1.807) is 17.8 Å². The SMILES string of the molecule is COC(=O)c1cccc(CSc2ccc(CO)cc2)c1. The van der Waals surface area contributed by atoms with Crippen molar-refractivity contribution in [1.29, 1.82) is 0 Å². The highest BCUT2D eigenvalue weighted by Crippen LogP contribution is 2.23. The summed E-state index contributed by atoms with van der Waals surface area (Å²) in [5.41, 5.74) is 2.55. The average Bonchev–Trinajstić information content (AvgIpc) is 2.53. The highest BCUT2D eigenvalue weighted by Gasteiger charge is 2.05. The van der Waals surface area contributed by atoms with Crippen molar-refractivity contribution in [2.24, 2.45) is 0 Å². The highest BCUT2D eigenvalue weighted by atomic mass is 32.2. The van der Waals surface area contributed by atoms with Crippen LogP contribution in [0.4, 0.5) is 0 Å². The lowest BCUT2D eigenvalue weighted by atomic mass is 10.1. The predicted molar refractivity (Wildman–Crippen MR) is 79.7 cm³/mol. The van der Waals surface area contributed by atoms with Crippen molar-refractivity contribution in [3.8, 4) is 0 Å². The minimum Gasteiger partial charge on any atom is -0.465 e. The van der Waals surface area contributed by atoms with Gasteiger partial charge in [0.05, 0.1) is 19.3 Å². The van der Waals surface area contributed by atoms with Crippen molar-refractivity contribution in [2.75, 3.05) is 7.11 Å². The standard InChI is InChI=1S/C16H16O3S/c1-19-16(18)14-4-2-3-13(9-14)11-20-15-7-5-12(10-17)6-8-15/h2-9,17H,10-11H2,1H3. The molecule has 2 rings (SSSR count). The number of ether oxygens (including phenoxy) is 1. The van der Waals surface area contributed by atoms with Crippen molar-refractivity contribution in [2.45, 2.75) is 17.3 Å². The average molecular weight is 288 g/mol. The van der Waals surface area contributed by atoms with Gasteiger partial charge in [-0.15, -0.1) is 11.8 Å². The molecule has 2 aromatic carbocycles. The van der Waals surface area contributed by atoms with Crippen LogP contribution in [0.3, 0.4) is 0 Å². The number of carbonyl (C=O) groups is 1. The number of hydrogen-bond acceptors (Lipinski definition) is 4. The maximum atomic E-state index is 11.5. The molecule has 1 N–H and O–H groups in total. The summed E-state index contributed by atoms with van der Waals surface area (Å²) in [6.45, 7) is 0.0616. The maximum absolute atomic E-state index is 11.5. The molecule has 4 heteroatoms. The zero-order valence-electron chi connectivity index (χ0n) is 11.2. The summed E-state index contributed by atoms with van der Waals surface area (Å²) in [6.07, 6.45) is 0. The molecule has 20 heavy (non-hydrogen) atoms. The normalized spacial score (nSPS) is 10.3. The third-order valence-corrected chi connectivity index (χ3v) is 3.94. The van der Waals surface area contributed by atoms with E-state index < -0.39 is 0 Å². The molecule has 0 aliphatic carbocycles. The molecule has 0 bridgehead atoms. The van der Waals surface area contributed by atoms with Gasteiger partial charge in [0.2, 0.25) is 0 Å². The van der Waals surface area contributed by atoms with Gasteiger partial charge in [-0.2, -0.15) is 0 Å². The molecular formula is C16H16O3S. The number of aliphatic hydroxyl groups is 1. The first kappa shape index (κ1) is 14.6. The second-order valence-electron chi connectivity index (χ2n) is 4.28. The van der Waals surface area contributed by atoms with Crippen molar-refractivity contribution >= 4 is 17.7 Å². The van der Waals surface area contributed by atoms with Gasteiger partial charge in [-0.1, -0.05) is 24.3 Å². The topological polar surface area (TPSA) is 46.5 Å². The van der Waals surface area contributed by atoms with Crippen LogP contribution in [0, 0.1) is 0 Å². The molecule has 3 nitrogen and oxygen atoms in total. The Kier molecular flexibility index (Phi) is 5.21. The monoisotopic (exact) mass is 288 g/mol. The zero-order chi connectivity index (χ0) is 14.4. The molecule has 0 aliphatic heterocycles. The number of aliphatic hydroxyl groups excluding tert-OH is 1. The fraction of sp³-hybridized carbons (Fsp3) is 0.188. The van der Waals surface area contributed by atoms with Crippen LogP contribution in [0.5, 0.6) is 0 Å². The first-order valence-electron chi connectivity index (χ1n) is 6.23. The van der Waals surface area contributed by atoms with Crippen molar-refractivity contribution in [3.05, 3.63) is 65.2 Å². The summed E-state index contributed by atoms with van der Waals surface area (Å²) < 4.78 is 4.71.